The van der Waals surface area contributed by atoms with Gasteiger partial charge in [-0.1, -0.05) is 6.08 Å². The summed E-state index contributed by atoms with van der Waals surface area (Å²) in [6.45, 7) is 2.37. The lowest BCUT2D eigenvalue weighted by atomic mass is 9.94. The molecule has 3 aromatic heterocycles. The van der Waals surface area contributed by atoms with Crippen LogP contribution in [0.3, 0.4) is 0 Å². The van der Waals surface area contributed by atoms with Gasteiger partial charge in [0.05, 0.1) is 17.9 Å². The predicted octanol–water partition coefficient (Wildman–Crippen LogP) is 2.34. The number of ether oxygens (including phenoxy) is 1. The van der Waals surface area contributed by atoms with Crippen LogP contribution in [0.15, 0.2) is 48.6 Å². The number of nitrogens with zero attached hydrogens (tertiary/aromatic N) is 6. The molecule has 0 saturated heterocycles. The molecule has 1 aromatic carbocycles. The molecule has 0 fully saturated rings. The zero-order valence-corrected chi connectivity index (χ0v) is 20.0. The Morgan fingerprint density at radius 2 is 1.95 bits per heavy atom. The SMILES string of the molecule is Cc1cc2c3n1CC=C(C(F)(F)F)/C3=c1\nccn\c1=C(/NCc1c(F)ccc3c1CCO3)n1cnnc1-2. The maximum atomic E-state index is 14.9. The number of allylic oxidation sites excluding steroid dienone is 2. The predicted molar refractivity (Wildman–Crippen MR) is 127 cm³/mol. The second-order valence-corrected chi connectivity index (χ2v) is 9.23. The molecule has 0 unspecified atom stereocenters. The number of rotatable bonds is 3. The Bertz CT molecular complexity index is 1800. The van der Waals surface area contributed by atoms with Crippen molar-refractivity contribution < 1.29 is 22.3 Å². The van der Waals surface area contributed by atoms with Gasteiger partial charge in [-0.25, -0.2) is 9.37 Å². The van der Waals surface area contributed by atoms with Gasteiger partial charge in [-0.15, -0.1) is 10.2 Å². The van der Waals surface area contributed by atoms with E-state index in [1.165, 1.54) is 30.9 Å². The van der Waals surface area contributed by atoms with Crippen molar-refractivity contribution in [2.45, 2.75) is 32.6 Å². The average Bonchev–Trinajstić information content (AvgIpc) is 3.63. The summed E-state index contributed by atoms with van der Waals surface area (Å²) < 4.78 is 67.1. The zero-order valence-electron chi connectivity index (χ0n) is 20.0. The summed E-state index contributed by atoms with van der Waals surface area (Å²) in [4.78, 5) is 8.85. The fourth-order valence-electron chi connectivity index (χ4n) is 5.50. The van der Waals surface area contributed by atoms with Gasteiger partial charge < -0.3 is 14.6 Å². The van der Waals surface area contributed by atoms with Crippen LogP contribution in [0.4, 0.5) is 17.6 Å². The molecule has 0 amide bonds. The minimum atomic E-state index is -4.63. The van der Waals surface area contributed by atoms with Crippen LogP contribution < -0.4 is 20.8 Å². The van der Waals surface area contributed by atoms with Gasteiger partial charge in [0.15, 0.2) is 5.82 Å². The summed E-state index contributed by atoms with van der Waals surface area (Å²) in [6.07, 6.45) is 1.33. The highest BCUT2D eigenvalue weighted by molar-refractivity contribution is 5.88. The molecule has 38 heavy (non-hydrogen) atoms. The monoisotopic (exact) mass is 521 g/mol. The van der Waals surface area contributed by atoms with Gasteiger partial charge in [0.25, 0.3) is 0 Å². The van der Waals surface area contributed by atoms with E-state index in [0.717, 1.165) is 11.3 Å². The maximum Gasteiger partial charge on any atom is 0.416 e. The van der Waals surface area contributed by atoms with Crippen molar-refractivity contribution in [2.24, 2.45) is 0 Å². The van der Waals surface area contributed by atoms with Crippen molar-refractivity contribution in [3.8, 4) is 17.1 Å². The molecule has 192 valence electrons. The van der Waals surface area contributed by atoms with E-state index in [-0.39, 0.29) is 29.4 Å². The first-order valence-electron chi connectivity index (χ1n) is 11.9. The summed E-state index contributed by atoms with van der Waals surface area (Å²) in [5.41, 5.74) is 1.91. The number of aromatic nitrogens is 6. The van der Waals surface area contributed by atoms with E-state index in [9.17, 15) is 17.6 Å². The van der Waals surface area contributed by atoms with Crippen LogP contribution >= 0.6 is 0 Å². The molecule has 0 bridgehead atoms. The van der Waals surface area contributed by atoms with E-state index >= 15 is 0 Å². The number of hydrogen-bond acceptors (Lipinski definition) is 6. The van der Waals surface area contributed by atoms with Crippen molar-refractivity contribution in [3.05, 3.63) is 87.6 Å². The molecular weight excluding hydrogens is 502 g/mol. The highest BCUT2D eigenvalue weighted by Gasteiger charge is 2.42. The second-order valence-electron chi connectivity index (χ2n) is 9.23. The van der Waals surface area contributed by atoms with Gasteiger partial charge in [0.2, 0.25) is 0 Å². The fourth-order valence-corrected chi connectivity index (χ4v) is 5.50. The van der Waals surface area contributed by atoms with Gasteiger partial charge in [0, 0.05) is 59.9 Å². The molecule has 0 radical (unpaired) electrons. The van der Waals surface area contributed by atoms with Crippen LogP contribution in [0, 0.1) is 12.7 Å². The van der Waals surface area contributed by atoms with Crippen molar-refractivity contribution in [2.75, 3.05) is 6.61 Å². The number of hydrogen-bond donors (Lipinski definition) is 1. The smallest absolute Gasteiger partial charge is 0.416 e. The first kappa shape index (κ1) is 22.7. The molecule has 3 aliphatic rings. The average molecular weight is 521 g/mol. The summed E-state index contributed by atoms with van der Waals surface area (Å²) in [7, 11) is 0. The van der Waals surface area contributed by atoms with E-state index < -0.39 is 17.6 Å². The van der Waals surface area contributed by atoms with Gasteiger partial charge in [-0.05, 0) is 25.1 Å². The molecule has 0 saturated carbocycles. The lowest BCUT2D eigenvalue weighted by Gasteiger charge is -2.25. The highest BCUT2D eigenvalue weighted by Crippen LogP contribution is 2.42. The van der Waals surface area contributed by atoms with Crippen LogP contribution in [0.25, 0.3) is 22.8 Å². The van der Waals surface area contributed by atoms with Crippen LogP contribution in [0.5, 0.6) is 5.75 Å². The molecule has 4 aromatic rings. The molecule has 8 nitrogen and oxygen atoms in total. The number of aryl methyl sites for hydroxylation is 1. The van der Waals surface area contributed by atoms with E-state index in [0.29, 0.717) is 47.2 Å². The van der Waals surface area contributed by atoms with Crippen molar-refractivity contribution in [3.63, 3.8) is 0 Å². The van der Waals surface area contributed by atoms with Gasteiger partial charge >= 0.3 is 6.18 Å². The Hall–Kier alpha value is -4.48. The zero-order chi connectivity index (χ0) is 26.2. The van der Waals surface area contributed by atoms with Crippen LogP contribution in [-0.2, 0) is 19.5 Å². The Morgan fingerprint density at radius 3 is 2.76 bits per heavy atom. The van der Waals surface area contributed by atoms with Crippen LogP contribution in [0.1, 0.15) is 22.5 Å². The lowest BCUT2D eigenvalue weighted by Crippen LogP contribution is -2.43. The highest BCUT2D eigenvalue weighted by atomic mass is 19.4. The van der Waals surface area contributed by atoms with Gasteiger partial charge in [0.1, 0.15) is 34.4 Å². The quantitative estimate of drug-likeness (QED) is 0.417. The summed E-state index contributed by atoms with van der Waals surface area (Å²) >= 11 is 0. The van der Waals surface area contributed by atoms with E-state index in [4.69, 9.17) is 4.74 Å². The molecule has 3 aliphatic heterocycles. The Labute approximate surface area is 212 Å². The Kier molecular flexibility index (Phi) is 4.78. The molecule has 1 N–H and O–H groups in total. The third-order valence-corrected chi connectivity index (χ3v) is 7.16. The minimum absolute atomic E-state index is 0.0333. The van der Waals surface area contributed by atoms with Crippen molar-refractivity contribution >= 4 is 11.4 Å². The third kappa shape index (κ3) is 3.22. The molecule has 0 atom stereocenters. The van der Waals surface area contributed by atoms with Crippen LogP contribution in [-0.4, -0.2) is 42.1 Å². The maximum absolute atomic E-state index is 14.9. The van der Waals surface area contributed by atoms with E-state index in [1.54, 1.807) is 21.3 Å². The van der Waals surface area contributed by atoms with Gasteiger partial charge in [-0.3, -0.25) is 9.55 Å². The molecule has 0 aliphatic carbocycles. The molecular formula is C26H19F4N7O. The lowest BCUT2D eigenvalue weighted by molar-refractivity contribution is -0.0876. The summed E-state index contributed by atoms with van der Waals surface area (Å²) in [6, 6.07) is 4.74. The molecule has 7 rings (SSSR count). The number of fused-ring (bicyclic) bond motifs is 4. The third-order valence-electron chi connectivity index (χ3n) is 7.16. The number of nitrogens with one attached hydrogen (secondary N) is 1. The second kappa shape index (κ2) is 8.01. The largest absolute Gasteiger partial charge is 0.493 e. The summed E-state index contributed by atoms with van der Waals surface area (Å²) in [5.74, 6) is 0.842. The molecule has 6 heterocycles. The first-order valence-corrected chi connectivity index (χ1v) is 11.9. The van der Waals surface area contributed by atoms with Crippen molar-refractivity contribution in [1.82, 2.24) is 34.6 Å². The standard InChI is InChI=1S/C26H19F4N7O/c1-13-10-15-23-20(17(26(28,29)30)4-8-36(13)23)21-22(32-7-6-31-21)25(37-12-34-35-24(15)37)33-11-16-14-5-9-38-19(14)3-2-18(16)27/h2-4,6-7,10,12,33H,5,8-9,11H2,1H3/b21-20+,25-22+. The molecule has 12 heteroatoms. The normalized spacial score (nSPS) is 18.4. The fraction of sp³-hybridized carbons (Fsp3) is 0.231. The van der Waals surface area contributed by atoms with Crippen LogP contribution in [0.2, 0.25) is 0 Å². The number of halogens is 4. The topological polar surface area (TPSA) is 82.7 Å². The van der Waals surface area contributed by atoms with Gasteiger partial charge in [-0.2, -0.15) is 13.2 Å². The van der Waals surface area contributed by atoms with Crippen molar-refractivity contribution in [1.29, 1.82) is 0 Å². The number of benzene rings is 1. The first-order chi connectivity index (χ1) is 18.3. The Balaban J connectivity index is 1.54. The summed E-state index contributed by atoms with van der Waals surface area (Å²) in [5, 5.41) is 11.8. The molecule has 0 spiro atoms. The van der Waals surface area contributed by atoms with E-state index in [1.807, 2.05) is 6.92 Å². The minimum Gasteiger partial charge on any atom is -0.493 e. The van der Waals surface area contributed by atoms with E-state index in [2.05, 4.69) is 25.5 Å². The Morgan fingerprint density at radius 1 is 1.13 bits per heavy atom. The number of alkyl halides is 3.